The summed E-state index contributed by atoms with van der Waals surface area (Å²) in [6.45, 7) is 2.06. The average Bonchev–Trinajstić information content (AvgIpc) is 2.92. The highest BCUT2D eigenvalue weighted by atomic mass is 16.5. The Morgan fingerprint density at radius 2 is 2.13 bits per heavy atom. The van der Waals surface area contributed by atoms with E-state index in [1.807, 2.05) is 18.2 Å². The molecule has 4 heteroatoms. The first-order valence-electron chi connectivity index (χ1n) is 4.73. The number of rotatable bonds is 0. The van der Waals surface area contributed by atoms with Gasteiger partial charge in [-0.1, -0.05) is 18.2 Å². The zero-order valence-corrected chi connectivity index (χ0v) is 8.18. The van der Waals surface area contributed by atoms with Gasteiger partial charge in [-0.05, 0) is 6.07 Å². The van der Waals surface area contributed by atoms with Gasteiger partial charge in [-0.2, -0.15) is 0 Å². The van der Waals surface area contributed by atoms with Gasteiger partial charge in [0, 0.05) is 5.56 Å². The molecule has 15 heavy (non-hydrogen) atoms. The summed E-state index contributed by atoms with van der Waals surface area (Å²) in [5, 5.41) is 0. The van der Waals surface area contributed by atoms with Crippen LogP contribution in [0.1, 0.15) is 15.9 Å². The number of nitrogens with zero attached hydrogens (tertiary/aromatic N) is 1. The van der Waals surface area contributed by atoms with Crippen LogP contribution < -0.4 is 0 Å². The Labute approximate surface area is 87.5 Å². The molecule has 2 heterocycles. The number of benzene rings is 1. The van der Waals surface area contributed by atoms with Crippen LogP contribution in [0.4, 0.5) is 0 Å². The van der Waals surface area contributed by atoms with Crippen LogP contribution in [0.25, 0.3) is 0 Å². The van der Waals surface area contributed by atoms with Crippen molar-refractivity contribution in [1.82, 2.24) is 0 Å². The van der Waals surface area contributed by atoms with Gasteiger partial charge in [-0.25, -0.2) is 4.79 Å². The minimum Gasteiger partial charge on any atom is -0.482 e. The van der Waals surface area contributed by atoms with E-state index in [2.05, 4.69) is 9.73 Å². The minimum absolute atomic E-state index is 0.199. The summed E-state index contributed by atoms with van der Waals surface area (Å²) in [6.07, 6.45) is 1.49. The van der Waals surface area contributed by atoms with Gasteiger partial charge >= 0.3 is 5.97 Å². The second-order valence-corrected chi connectivity index (χ2v) is 3.12. The monoisotopic (exact) mass is 205 g/mol. The molecule has 78 valence electrons. The van der Waals surface area contributed by atoms with Crippen LogP contribution in [0, 0.1) is 0 Å². The minimum atomic E-state index is -0.199. The van der Waals surface area contributed by atoms with Crippen molar-refractivity contribution in [3.8, 4) is 0 Å². The fraction of sp³-hybridized carbons (Fsp3) is 0.273. The SMILES string of the molecule is C1=NCCO1.O=C1OCc2ccccc21. The van der Waals surface area contributed by atoms with E-state index in [4.69, 9.17) is 4.74 Å². The quantitative estimate of drug-likeness (QED) is 0.601. The number of ether oxygens (including phenoxy) is 2. The van der Waals surface area contributed by atoms with Crippen LogP contribution in [-0.2, 0) is 16.1 Å². The molecule has 0 bridgehead atoms. The highest BCUT2D eigenvalue weighted by molar-refractivity contribution is 5.93. The van der Waals surface area contributed by atoms with E-state index in [0.29, 0.717) is 12.2 Å². The average molecular weight is 205 g/mol. The Balaban J connectivity index is 0.000000144. The van der Waals surface area contributed by atoms with Gasteiger partial charge in [-0.3, -0.25) is 4.99 Å². The van der Waals surface area contributed by atoms with E-state index in [1.165, 1.54) is 6.40 Å². The third kappa shape index (κ3) is 2.34. The molecule has 2 aliphatic heterocycles. The first-order chi connectivity index (χ1) is 7.38. The summed E-state index contributed by atoms with van der Waals surface area (Å²) in [4.78, 5) is 14.6. The lowest BCUT2D eigenvalue weighted by Crippen LogP contribution is -1.91. The third-order valence-electron chi connectivity index (χ3n) is 2.08. The van der Waals surface area contributed by atoms with E-state index in [9.17, 15) is 4.79 Å². The summed E-state index contributed by atoms with van der Waals surface area (Å²) in [7, 11) is 0. The van der Waals surface area contributed by atoms with Gasteiger partial charge in [0.1, 0.15) is 13.2 Å². The van der Waals surface area contributed by atoms with Crippen LogP contribution >= 0.6 is 0 Å². The molecule has 0 saturated carbocycles. The number of aliphatic imine (C=N–C) groups is 1. The summed E-state index contributed by atoms with van der Waals surface area (Å²) < 4.78 is 9.44. The maximum absolute atomic E-state index is 10.8. The van der Waals surface area contributed by atoms with E-state index < -0.39 is 0 Å². The summed E-state index contributed by atoms with van der Waals surface area (Å²) in [5.74, 6) is -0.199. The molecule has 0 atom stereocenters. The standard InChI is InChI=1S/C8H6O2.C3H5NO/c9-8-7-4-2-1-3-6(7)5-10-8;1-2-5-3-4-1/h1-4H,5H2;3H,1-2H2. The van der Waals surface area contributed by atoms with Gasteiger partial charge in [0.05, 0.1) is 12.1 Å². The molecular formula is C11H11NO3. The lowest BCUT2D eigenvalue weighted by atomic mass is 10.1. The third-order valence-corrected chi connectivity index (χ3v) is 2.08. The molecule has 0 unspecified atom stereocenters. The molecule has 1 aromatic rings. The Kier molecular flexibility index (Phi) is 2.97. The van der Waals surface area contributed by atoms with Crippen molar-refractivity contribution >= 4 is 12.4 Å². The molecule has 0 fully saturated rings. The Morgan fingerprint density at radius 3 is 2.73 bits per heavy atom. The van der Waals surface area contributed by atoms with Crippen molar-refractivity contribution in [1.29, 1.82) is 0 Å². The number of hydrogen-bond donors (Lipinski definition) is 0. The topological polar surface area (TPSA) is 47.9 Å². The van der Waals surface area contributed by atoms with Gasteiger partial charge in [-0.15, -0.1) is 0 Å². The normalized spacial score (nSPS) is 16.1. The highest BCUT2D eigenvalue weighted by Gasteiger charge is 2.18. The van der Waals surface area contributed by atoms with Crippen LogP contribution in [0.2, 0.25) is 0 Å². The fourth-order valence-corrected chi connectivity index (χ4v) is 1.33. The van der Waals surface area contributed by atoms with Crippen molar-refractivity contribution < 1.29 is 14.3 Å². The predicted molar refractivity (Wildman–Crippen MR) is 54.9 cm³/mol. The molecule has 0 amide bonds. The molecular weight excluding hydrogens is 194 g/mol. The summed E-state index contributed by atoms with van der Waals surface area (Å²) in [5.41, 5.74) is 1.70. The Hall–Kier alpha value is -1.84. The lowest BCUT2D eigenvalue weighted by Gasteiger charge is -1.87. The van der Waals surface area contributed by atoms with E-state index in [-0.39, 0.29) is 5.97 Å². The molecule has 0 aliphatic carbocycles. The second-order valence-electron chi connectivity index (χ2n) is 3.12. The zero-order chi connectivity index (χ0) is 10.5. The second kappa shape index (κ2) is 4.59. The zero-order valence-electron chi connectivity index (χ0n) is 8.18. The number of esters is 1. The summed E-state index contributed by atoms with van der Waals surface area (Å²) in [6, 6.07) is 7.43. The smallest absolute Gasteiger partial charge is 0.338 e. The first kappa shape index (κ1) is 9.71. The van der Waals surface area contributed by atoms with Crippen LogP contribution in [0.15, 0.2) is 29.3 Å². The fourth-order valence-electron chi connectivity index (χ4n) is 1.33. The number of carbonyl (C=O) groups is 1. The van der Waals surface area contributed by atoms with Gasteiger partial charge in [0.2, 0.25) is 0 Å². The molecule has 4 nitrogen and oxygen atoms in total. The molecule has 0 spiro atoms. The lowest BCUT2D eigenvalue weighted by molar-refractivity contribution is 0.0535. The molecule has 0 aromatic heterocycles. The molecule has 0 saturated heterocycles. The largest absolute Gasteiger partial charge is 0.482 e. The summed E-state index contributed by atoms with van der Waals surface area (Å²) >= 11 is 0. The van der Waals surface area contributed by atoms with Crippen molar-refractivity contribution in [2.75, 3.05) is 13.2 Å². The molecule has 0 N–H and O–H groups in total. The molecule has 0 radical (unpaired) electrons. The highest BCUT2D eigenvalue weighted by Crippen LogP contribution is 2.17. The van der Waals surface area contributed by atoms with Crippen molar-refractivity contribution in [3.63, 3.8) is 0 Å². The maximum atomic E-state index is 10.8. The van der Waals surface area contributed by atoms with Gasteiger partial charge in [0.25, 0.3) is 0 Å². The van der Waals surface area contributed by atoms with Crippen molar-refractivity contribution in [3.05, 3.63) is 35.4 Å². The van der Waals surface area contributed by atoms with E-state index in [1.54, 1.807) is 6.07 Å². The van der Waals surface area contributed by atoms with Gasteiger partial charge < -0.3 is 9.47 Å². The van der Waals surface area contributed by atoms with E-state index in [0.717, 1.165) is 18.7 Å². The number of cyclic esters (lactones) is 1. The van der Waals surface area contributed by atoms with E-state index >= 15 is 0 Å². The van der Waals surface area contributed by atoms with Crippen LogP contribution in [0.3, 0.4) is 0 Å². The number of fused-ring (bicyclic) bond motifs is 1. The molecule has 2 aliphatic rings. The molecule has 3 rings (SSSR count). The maximum Gasteiger partial charge on any atom is 0.338 e. The van der Waals surface area contributed by atoms with Crippen LogP contribution in [-0.4, -0.2) is 25.5 Å². The van der Waals surface area contributed by atoms with Crippen LogP contribution in [0.5, 0.6) is 0 Å². The van der Waals surface area contributed by atoms with Crippen molar-refractivity contribution in [2.24, 2.45) is 4.99 Å². The van der Waals surface area contributed by atoms with Gasteiger partial charge in [0.15, 0.2) is 6.40 Å². The van der Waals surface area contributed by atoms with Crippen molar-refractivity contribution in [2.45, 2.75) is 6.61 Å². The first-order valence-corrected chi connectivity index (χ1v) is 4.73. The Bertz CT molecular complexity index is 381. The number of carbonyl (C=O) groups excluding carboxylic acids is 1. The molecule has 1 aromatic carbocycles. The number of hydrogen-bond acceptors (Lipinski definition) is 4. The Morgan fingerprint density at radius 1 is 1.27 bits per heavy atom. The predicted octanol–water partition coefficient (Wildman–Crippen LogP) is 1.40.